The van der Waals surface area contributed by atoms with E-state index in [0.29, 0.717) is 40.7 Å². The molecule has 2 aromatic carbocycles. The van der Waals surface area contributed by atoms with Crippen LogP contribution in [0, 0.1) is 6.92 Å². The Morgan fingerprint density at radius 1 is 1.14 bits per heavy atom. The third-order valence-corrected chi connectivity index (χ3v) is 5.02. The summed E-state index contributed by atoms with van der Waals surface area (Å²) >= 11 is 5.95. The fraction of sp³-hybridized carbons (Fsp3) is 0.273. The van der Waals surface area contributed by atoms with Crippen molar-refractivity contribution in [2.75, 3.05) is 27.3 Å². The van der Waals surface area contributed by atoms with E-state index >= 15 is 0 Å². The Balaban J connectivity index is 2.06. The number of halogens is 1. The summed E-state index contributed by atoms with van der Waals surface area (Å²) in [5.74, 6) is 0.117. The van der Waals surface area contributed by atoms with Crippen molar-refractivity contribution >= 4 is 34.4 Å². The molecule has 0 aliphatic heterocycles. The van der Waals surface area contributed by atoms with Gasteiger partial charge >= 0.3 is 5.97 Å². The summed E-state index contributed by atoms with van der Waals surface area (Å²) in [4.78, 5) is 25.6. The topological polar surface area (TPSA) is 69.6 Å². The maximum absolute atomic E-state index is 13.2. The van der Waals surface area contributed by atoms with E-state index in [-0.39, 0.29) is 18.3 Å². The van der Waals surface area contributed by atoms with Crippen LogP contribution >= 0.6 is 11.6 Å². The molecule has 0 unspecified atom stereocenters. The molecule has 0 amide bonds. The fourth-order valence-electron chi connectivity index (χ4n) is 3.26. The van der Waals surface area contributed by atoms with Crippen LogP contribution in [0.4, 0.5) is 0 Å². The van der Waals surface area contributed by atoms with Crippen molar-refractivity contribution in [2.24, 2.45) is 0 Å². The van der Waals surface area contributed by atoms with Crippen LogP contribution in [-0.4, -0.2) is 43.8 Å². The highest BCUT2D eigenvalue weighted by Gasteiger charge is 2.22. The van der Waals surface area contributed by atoms with Crippen LogP contribution in [0.5, 0.6) is 5.75 Å². The van der Waals surface area contributed by atoms with Crippen molar-refractivity contribution in [2.45, 2.75) is 13.3 Å². The predicted octanol–water partition coefficient (Wildman–Crippen LogP) is 3.61. The monoisotopic (exact) mass is 414 g/mol. The van der Waals surface area contributed by atoms with Crippen LogP contribution in [0.1, 0.15) is 21.6 Å². The van der Waals surface area contributed by atoms with Gasteiger partial charge in [0.15, 0.2) is 0 Å². The molecule has 0 radical (unpaired) electrons. The average molecular weight is 415 g/mol. The molecule has 3 rings (SSSR count). The van der Waals surface area contributed by atoms with Gasteiger partial charge < -0.3 is 14.8 Å². The van der Waals surface area contributed by atoms with E-state index < -0.39 is 0 Å². The lowest BCUT2D eigenvalue weighted by Crippen LogP contribution is -2.18. The fourth-order valence-corrected chi connectivity index (χ4v) is 3.38. The Labute approximate surface area is 174 Å². The van der Waals surface area contributed by atoms with Gasteiger partial charge in [0.2, 0.25) is 0 Å². The maximum atomic E-state index is 13.2. The van der Waals surface area contributed by atoms with Crippen LogP contribution in [-0.2, 0) is 16.0 Å². The molecular formula is C22H23ClN2O4. The minimum atomic E-state index is -0.343. The second-order valence-electron chi connectivity index (χ2n) is 6.60. The number of nitrogens with zero attached hydrogens (tertiary/aromatic N) is 1. The summed E-state index contributed by atoms with van der Waals surface area (Å²) in [5.41, 5.74) is 2.66. The Hall–Kier alpha value is -2.83. The van der Waals surface area contributed by atoms with E-state index in [1.165, 1.54) is 0 Å². The number of aromatic nitrogens is 1. The number of fused-ring (bicyclic) bond motifs is 1. The zero-order valence-electron chi connectivity index (χ0n) is 16.6. The Bertz CT molecular complexity index is 1040. The average Bonchev–Trinajstić information content (AvgIpc) is 2.99. The summed E-state index contributed by atoms with van der Waals surface area (Å²) in [5, 5.41) is 4.28. The van der Waals surface area contributed by atoms with Gasteiger partial charge in [0.05, 0.1) is 19.0 Å². The van der Waals surface area contributed by atoms with Gasteiger partial charge in [-0.15, -0.1) is 0 Å². The largest absolute Gasteiger partial charge is 0.497 e. The van der Waals surface area contributed by atoms with Crippen molar-refractivity contribution < 1.29 is 19.1 Å². The van der Waals surface area contributed by atoms with Gasteiger partial charge in [-0.1, -0.05) is 11.6 Å². The van der Waals surface area contributed by atoms with Crippen LogP contribution in [0.2, 0.25) is 5.02 Å². The first kappa shape index (κ1) is 20.9. The third-order valence-electron chi connectivity index (χ3n) is 4.77. The molecule has 0 aliphatic carbocycles. The quantitative estimate of drug-likeness (QED) is 0.472. The minimum Gasteiger partial charge on any atom is -0.497 e. The lowest BCUT2D eigenvalue weighted by Gasteiger charge is -2.08. The van der Waals surface area contributed by atoms with Crippen molar-refractivity contribution in [1.82, 2.24) is 9.88 Å². The van der Waals surface area contributed by atoms with E-state index in [9.17, 15) is 9.59 Å². The predicted molar refractivity (Wildman–Crippen MR) is 113 cm³/mol. The van der Waals surface area contributed by atoms with Crippen LogP contribution in [0.25, 0.3) is 10.9 Å². The number of likely N-dealkylation sites (N-methyl/N-ethyl adjacent to an activating group) is 1. The van der Waals surface area contributed by atoms with E-state index in [1.54, 1.807) is 49.1 Å². The number of benzene rings is 2. The van der Waals surface area contributed by atoms with Gasteiger partial charge in [0.1, 0.15) is 12.4 Å². The molecule has 0 bridgehead atoms. The van der Waals surface area contributed by atoms with Crippen LogP contribution in [0.3, 0.4) is 0 Å². The number of hydrogen-bond donors (Lipinski definition) is 1. The first-order chi connectivity index (χ1) is 14.0. The van der Waals surface area contributed by atoms with Crippen molar-refractivity contribution in [1.29, 1.82) is 0 Å². The molecule has 0 atom stereocenters. The van der Waals surface area contributed by atoms with Crippen molar-refractivity contribution in [3.63, 3.8) is 0 Å². The molecule has 3 aromatic rings. The van der Waals surface area contributed by atoms with E-state index in [2.05, 4.69) is 5.32 Å². The highest BCUT2D eigenvalue weighted by Crippen LogP contribution is 2.31. The second kappa shape index (κ2) is 9.11. The lowest BCUT2D eigenvalue weighted by atomic mass is 10.1. The molecule has 0 saturated heterocycles. The van der Waals surface area contributed by atoms with Crippen molar-refractivity contribution in [3.05, 3.63) is 64.3 Å². The molecule has 29 heavy (non-hydrogen) atoms. The third kappa shape index (κ3) is 4.44. The molecule has 1 aromatic heterocycles. The molecular weight excluding hydrogens is 392 g/mol. The van der Waals surface area contributed by atoms with E-state index in [1.807, 2.05) is 19.1 Å². The number of methoxy groups -OCH3 is 1. The number of nitrogens with one attached hydrogen (secondary N) is 1. The van der Waals surface area contributed by atoms with Gasteiger partial charge in [-0.05, 0) is 62.0 Å². The summed E-state index contributed by atoms with van der Waals surface area (Å²) in [6.45, 7) is 2.70. The Kier molecular flexibility index (Phi) is 6.56. The number of hydrogen-bond acceptors (Lipinski definition) is 5. The molecule has 0 fully saturated rings. The van der Waals surface area contributed by atoms with Crippen molar-refractivity contribution in [3.8, 4) is 5.75 Å². The summed E-state index contributed by atoms with van der Waals surface area (Å²) in [7, 11) is 3.37. The van der Waals surface area contributed by atoms with E-state index in [4.69, 9.17) is 21.1 Å². The molecule has 6 nitrogen and oxygen atoms in total. The number of carbonyl (C=O) groups is 2. The first-order valence-corrected chi connectivity index (χ1v) is 9.62. The van der Waals surface area contributed by atoms with Crippen LogP contribution in [0.15, 0.2) is 42.5 Å². The Morgan fingerprint density at radius 2 is 1.86 bits per heavy atom. The molecule has 0 spiro atoms. The van der Waals surface area contributed by atoms with Gasteiger partial charge in [0.25, 0.3) is 5.91 Å². The zero-order valence-corrected chi connectivity index (χ0v) is 17.4. The number of esters is 1. The standard InChI is InChI=1S/C22H23ClN2O4/c1-14-18(13-21(26)29-11-10-24-2)19-12-17(28-3)8-9-20(19)25(14)22(27)15-4-6-16(23)7-5-15/h4-9,12,24H,10-11,13H2,1-3H3. The molecule has 1 heterocycles. The minimum absolute atomic E-state index is 0.0696. The highest BCUT2D eigenvalue weighted by atomic mass is 35.5. The van der Waals surface area contributed by atoms with E-state index in [0.717, 1.165) is 10.9 Å². The normalized spacial score (nSPS) is 10.9. The highest BCUT2D eigenvalue weighted by molar-refractivity contribution is 6.30. The first-order valence-electron chi connectivity index (χ1n) is 9.24. The molecule has 7 heteroatoms. The molecule has 152 valence electrons. The molecule has 0 aliphatic rings. The van der Waals surface area contributed by atoms with Crippen LogP contribution < -0.4 is 10.1 Å². The SMILES string of the molecule is CNCCOC(=O)Cc1c(C)n(C(=O)c2ccc(Cl)cc2)c2ccc(OC)cc12. The number of ether oxygens (including phenoxy) is 2. The van der Waals surface area contributed by atoms with Gasteiger partial charge in [0, 0.05) is 28.2 Å². The number of rotatable bonds is 7. The summed E-state index contributed by atoms with van der Waals surface area (Å²) in [6.07, 6.45) is 0.0696. The number of carbonyl (C=O) groups excluding carboxylic acids is 2. The zero-order chi connectivity index (χ0) is 21.0. The maximum Gasteiger partial charge on any atom is 0.310 e. The van der Waals surface area contributed by atoms with Gasteiger partial charge in [-0.25, -0.2) is 0 Å². The summed E-state index contributed by atoms with van der Waals surface area (Å²) in [6, 6.07) is 12.2. The van der Waals surface area contributed by atoms with Gasteiger partial charge in [-0.3, -0.25) is 14.2 Å². The molecule has 1 N–H and O–H groups in total. The smallest absolute Gasteiger partial charge is 0.310 e. The lowest BCUT2D eigenvalue weighted by molar-refractivity contribution is -0.142. The summed E-state index contributed by atoms with van der Waals surface area (Å²) < 4.78 is 12.2. The second-order valence-corrected chi connectivity index (χ2v) is 7.03. The molecule has 0 saturated carbocycles. The Morgan fingerprint density at radius 3 is 2.52 bits per heavy atom. The van der Waals surface area contributed by atoms with Gasteiger partial charge in [-0.2, -0.15) is 0 Å².